The fourth-order valence-electron chi connectivity index (χ4n) is 2.67. The van der Waals surface area contributed by atoms with Crippen molar-refractivity contribution in [2.75, 3.05) is 12.0 Å². The molecule has 2 unspecified atom stereocenters. The fraction of sp³-hybridized carbons (Fsp3) is 0.571. The van der Waals surface area contributed by atoms with Crippen LogP contribution in [0, 0.1) is 5.92 Å². The van der Waals surface area contributed by atoms with Gasteiger partial charge in [-0.1, -0.05) is 6.42 Å². The fourth-order valence-corrected chi connectivity index (χ4v) is 4.75. The molecule has 1 aliphatic rings. The lowest BCUT2D eigenvalue weighted by molar-refractivity contribution is 0.345. The van der Waals surface area contributed by atoms with E-state index in [0.29, 0.717) is 4.90 Å². The van der Waals surface area contributed by atoms with Crippen molar-refractivity contribution in [1.82, 2.24) is 0 Å². The molecule has 1 aromatic carbocycles. The third kappa shape index (κ3) is 3.97. The second kappa shape index (κ2) is 6.29. The first-order chi connectivity index (χ1) is 9.01. The highest BCUT2D eigenvalue weighted by Gasteiger charge is 2.25. The maximum absolute atomic E-state index is 12.4. The number of sulfone groups is 1. The Balaban J connectivity index is 2.08. The zero-order valence-electron chi connectivity index (χ0n) is 11.2. The van der Waals surface area contributed by atoms with Gasteiger partial charge in [0, 0.05) is 10.9 Å². The van der Waals surface area contributed by atoms with Crippen LogP contribution in [0.25, 0.3) is 0 Å². The van der Waals surface area contributed by atoms with Crippen molar-refractivity contribution >= 4 is 21.6 Å². The van der Waals surface area contributed by atoms with E-state index in [1.165, 1.54) is 0 Å². The maximum Gasteiger partial charge on any atom is 0.178 e. The minimum Gasteiger partial charge on any atom is -0.328 e. The summed E-state index contributed by atoms with van der Waals surface area (Å²) in [5.74, 6) is 0.452. The number of thioether (sulfide) groups is 1. The minimum atomic E-state index is -3.17. The van der Waals surface area contributed by atoms with Gasteiger partial charge >= 0.3 is 0 Å². The predicted molar refractivity (Wildman–Crippen MR) is 80.2 cm³/mol. The number of benzene rings is 1. The van der Waals surface area contributed by atoms with Crippen LogP contribution in [-0.4, -0.2) is 26.5 Å². The molecule has 0 heterocycles. The summed E-state index contributed by atoms with van der Waals surface area (Å²) < 4.78 is 24.7. The van der Waals surface area contributed by atoms with Crippen LogP contribution < -0.4 is 5.73 Å². The second-order valence-electron chi connectivity index (χ2n) is 5.25. The normalized spacial score (nSPS) is 24.3. The SMILES string of the molecule is CSc1ccc(S(=O)(=O)CC2CCCC(N)C2)cc1. The van der Waals surface area contributed by atoms with Crippen LogP contribution in [0.4, 0.5) is 0 Å². The van der Waals surface area contributed by atoms with E-state index in [2.05, 4.69) is 0 Å². The summed E-state index contributed by atoms with van der Waals surface area (Å²) in [6.45, 7) is 0. The molecule has 0 amide bonds. The summed E-state index contributed by atoms with van der Waals surface area (Å²) in [6.07, 6.45) is 5.87. The van der Waals surface area contributed by atoms with Crippen LogP contribution in [0.5, 0.6) is 0 Å². The van der Waals surface area contributed by atoms with E-state index < -0.39 is 9.84 Å². The second-order valence-corrected chi connectivity index (χ2v) is 8.16. The van der Waals surface area contributed by atoms with Gasteiger partial charge in [0.25, 0.3) is 0 Å². The van der Waals surface area contributed by atoms with Gasteiger partial charge < -0.3 is 5.73 Å². The van der Waals surface area contributed by atoms with Gasteiger partial charge in [0.2, 0.25) is 0 Å². The zero-order valence-corrected chi connectivity index (χ0v) is 12.8. The number of rotatable bonds is 4. The molecular formula is C14H21NO2S2. The standard InChI is InChI=1S/C14H21NO2S2/c1-18-13-5-7-14(8-6-13)19(16,17)10-11-3-2-4-12(15)9-11/h5-8,11-12H,2-4,9-10,15H2,1H3. The smallest absolute Gasteiger partial charge is 0.178 e. The van der Waals surface area contributed by atoms with Gasteiger partial charge in [0.1, 0.15) is 0 Å². The van der Waals surface area contributed by atoms with Crippen molar-refractivity contribution in [3.05, 3.63) is 24.3 Å². The zero-order chi connectivity index (χ0) is 13.9. The molecule has 0 saturated heterocycles. The molecule has 2 atom stereocenters. The van der Waals surface area contributed by atoms with E-state index in [1.54, 1.807) is 23.9 Å². The number of hydrogen-bond donors (Lipinski definition) is 1. The van der Waals surface area contributed by atoms with Crippen LogP contribution in [-0.2, 0) is 9.84 Å². The van der Waals surface area contributed by atoms with E-state index in [0.717, 1.165) is 30.6 Å². The summed E-state index contributed by atoms with van der Waals surface area (Å²) >= 11 is 1.61. The highest BCUT2D eigenvalue weighted by atomic mass is 32.2. The maximum atomic E-state index is 12.4. The summed E-state index contributed by atoms with van der Waals surface area (Å²) in [7, 11) is -3.17. The Bertz CT molecular complexity index is 511. The topological polar surface area (TPSA) is 60.2 Å². The molecule has 1 aliphatic carbocycles. The third-order valence-electron chi connectivity index (χ3n) is 3.70. The lowest BCUT2D eigenvalue weighted by atomic mass is 9.87. The summed E-state index contributed by atoms with van der Waals surface area (Å²) in [5.41, 5.74) is 5.92. The van der Waals surface area contributed by atoms with Crippen LogP contribution in [0.15, 0.2) is 34.1 Å². The Labute approximate surface area is 119 Å². The van der Waals surface area contributed by atoms with E-state index >= 15 is 0 Å². The lowest BCUT2D eigenvalue weighted by Gasteiger charge is -2.26. The van der Waals surface area contributed by atoms with E-state index in [4.69, 9.17) is 5.73 Å². The van der Waals surface area contributed by atoms with Crippen LogP contribution >= 0.6 is 11.8 Å². The molecule has 0 aromatic heterocycles. The van der Waals surface area contributed by atoms with E-state index in [9.17, 15) is 8.42 Å². The van der Waals surface area contributed by atoms with Crippen molar-refractivity contribution in [3.8, 4) is 0 Å². The van der Waals surface area contributed by atoms with Crippen molar-refractivity contribution in [3.63, 3.8) is 0 Å². The Morgan fingerprint density at radius 1 is 1.26 bits per heavy atom. The average Bonchev–Trinajstić information content (AvgIpc) is 2.38. The first-order valence-corrected chi connectivity index (χ1v) is 9.51. The molecule has 1 fully saturated rings. The van der Waals surface area contributed by atoms with E-state index in [-0.39, 0.29) is 17.7 Å². The van der Waals surface area contributed by atoms with Gasteiger partial charge in [0.15, 0.2) is 9.84 Å². The predicted octanol–water partition coefficient (Wildman–Crippen LogP) is 2.70. The van der Waals surface area contributed by atoms with Crippen molar-refractivity contribution in [2.24, 2.45) is 11.7 Å². The molecule has 2 N–H and O–H groups in total. The third-order valence-corrected chi connectivity index (χ3v) is 6.34. The first-order valence-electron chi connectivity index (χ1n) is 6.63. The van der Waals surface area contributed by atoms with Gasteiger partial charge in [-0.05, 0) is 55.7 Å². The molecule has 1 aromatic rings. The van der Waals surface area contributed by atoms with Gasteiger partial charge in [-0.15, -0.1) is 11.8 Å². The number of nitrogens with two attached hydrogens (primary N) is 1. The summed E-state index contributed by atoms with van der Waals surface area (Å²) in [4.78, 5) is 1.52. The largest absolute Gasteiger partial charge is 0.328 e. The Morgan fingerprint density at radius 2 is 1.95 bits per heavy atom. The molecule has 1 saturated carbocycles. The highest BCUT2D eigenvalue weighted by Crippen LogP contribution is 2.27. The van der Waals surface area contributed by atoms with Crippen molar-refractivity contribution in [2.45, 2.75) is 41.5 Å². The Hall–Kier alpha value is -0.520. The average molecular weight is 299 g/mol. The Kier molecular flexibility index (Phi) is 4.92. The molecule has 2 rings (SSSR count). The van der Waals surface area contributed by atoms with Crippen LogP contribution in [0.2, 0.25) is 0 Å². The van der Waals surface area contributed by atoms with Gasteiger partial charge in [-0.25, -0.2) is 8.42 Å². The molecule has 0 bridgehead atoms. The molecule has 106 valence electrons. The minimum absolute atomic E-state index is 0.174. The first kappa shape index (κ1) is 14.9. The molecule has 19 heavy (non-hydrogen) atoms. The summed E-state index contributed by atoms with van der Waals surface area (Å²) in [5, 5.41) is 0. The highest BCUT2D eigenvalue weighted by molar-refractivity contribution is 7.98. The molecule has 0 aliphatic heterocycles. The summed E-state index contributed by atoms with van der Waals surface area (Å²) in [6, 6.07) is 7.33. The molecular weight excluding hydrogens is 278 g/mol. The lowest BCUT2D eigenvalue weighted by Crippen LogP contribution is -2.31. The molecule has 3 nitrogen and oxygen atoms in total. The van der Waals surface area contributed by atoms with Crippen molar-refractivity contribution in [1.29, 1.82) is 0 Å². The van der Waals surface area contributed by atoms with E-state index in [1.807, 2.05) is 18.4 Å². The van der Waals surface area contributed by atoms with Gasteiger partial charge in [-0.2, -0.15) is 0 Å². The van der Waals surface area contributed by atoms with Gasteiger partial charge in [-0.3, -0.25) is 0 Å². The Morgan fingerprint density at radius 3 is 2.53 bits per heavy atom. The molecule has 0 spiro atoms. The monoisotopic (exact) mass is 299 g/mol. The van der Waals surface area contributed by atoms with Gasteiger partial charge in [0.05, 0.1) is 10.6 Å². The number of hydrogen-bond acceptors (Lipinski definition) is 4. The molecule has 0 radical (unpaired) electrons. The molecule has 5 heteroatoms. The van der Waals surface area contributed by atoms with Crippen LogP contribution in [0.1, 0.15) is 25.7 Å². The van der Waals surface area contributed by atoms with Crippen LogP contribution in [0.3, 0.4) is 0 Å². The quantitative estimate of drug-likeness (QED) is 0.868. The van der Waals surface area contributed by atoms with Crippen molar-refractivity contribution < 1.29 is 8.42 Å².